The third-order valence-electron chi connectivity index (χ3n) is 5.25. The molecule has 1 fully saturated rings. The second-order valence-corrected chi connectivity index (χ2v) is 9.68. The molecule has 1 atom stereocenters. The van der Waals surface area contributed by atoms with Gasteiger partial charge in [-0.3, -0.25) is 4.79 Å². The van der Waals surface area contributed by atoms with Crippen molar-refractivity contribution in [2.75, 3.05) is 50.6 Å². The van der Waals surface area contributed by atoms with Gasteiger partial charge in [-0.05, 0) is 65.4 Å². The van der Waals surface area contributed by atoms with Gasteiger partial charge in [-0.2, -0.15) is 13.2 Å². The van der Waals surface area contributed by atoms with Crippen LogP contribution in [0.25, 0.3) is 0 Å². The Balaban J connectivity index is 2.04. The number of carbonyl (C=O) groups excluding carboxylic acids is 1. The molecule has 0 aromatic heterocycles. The Labute approximate surface area is 198 Å². The second-order valence-electron chi connectivity index (χ2n) is 7.52. The number of methoxy groups -OCH3 is 2. The minimum Gasteiger partial charge on any atom is -0.497 e. The number of halogens is 4. The minimum atomic E-state index is -4.98. The zero-order valence-electron chi connectivity index (χ0n) is 18.0. The van der Waals surface area contributed by atoms with Crippen LogP contribution in [0, 0.1) is 0 Å². The summed E-state index contributed by atoms with van der Waals surface area (Å²) in [5.41, 5.74) is 1.16. The highest BCUT2D eigenvalue weighted by atomic mass is 127. The lowest BCUT2D eigenvalue weighted by Crippen LogP contribution is -2.43. The maximum atomic E-state index is 13.3. The number of hydrogen-bond donors (Lipinski definition) is 2. The fourth-order valence-electron chi connectivity index (χ4n) is 3.51. The van der Waals surface area contributed by atoms with E-state index < -0.39 is 21.1 Å². The summed E-state index contributed by atoms with van der Waals surface area (Å²) in [7, 11) is 3.04. The van der Waals surface area contributed by atoms with Crippen LogP contribution >= 0.6 is 22.6 Å². The van der Waals surface area contributed by atoms with Crippen molar-refractivity contribution >= 4 is 39.7 Å². The third kappa shape index (κ3) is 5.58. The van der Waals surface area contributed by atoms with Crippen molar-refractivity contribution in [3.8, 4) is 11.5 Å². The molecule has 174 valence electrons. The van der Waals surface area contributed by atoms with E-state index in [0.29, 0.717) is 17.1 Å². The minimum absolute atomic E-state index is 0.113. The Kier molecular flexibility index (Phi) is 7.43. The van der Waals surface area contributed by atoms with Crippen LogP contribution < -0.4 is 25.0 Å². The van der Waals surface area contributed by atoms with Crippen molar-refractivity contribution in [1.29, 1.82) is 0 Å². The number of ether oxygens (including phenoxy) is 2. The number of alkyl halides is 4. The highest BCUT2D eigenvalue weighted by Crippen LogP contribution is 2.39. The number of carbonyl (C=O) groups is 1. The van der Waals surface area contributed by atoms with E-state index >= 15 is 0 Å². The normalized spacial score (nSPS) is 16.3. The predicted octanol–water partition coefficient (Wildman–Crippen LogP) is 4.58. The molecule has 32 heavy (non-hydrogen) atoms. The predicted molar refractivity (Wildman–Crippen MR) is 126 cm³/mol. The first kappa shape index (κ1) is 24.4. The number of hydrogen-bond acceptors (Lipinski definition) is 6. The molecule has 1 unspecified atom stereocenters. The average molecular weight is 563 g/mol. The van der Waals surface area contributed by atoms with Crippen molar-refractivity contribution < 1.29 is 27.4 Å². The fourth-order valence-corrected chi connectivity index (χ4v) is 4.11. The van der Waals surface area contributed by atoms with E-state index in [1.165, 1.54) is 20.3 Å². The summed E-state index contributed by atoms with van der Waals surface area (Å²) in [6, 6.07) is 9.67. The first-order chi connectivity index (χ1) is 15.0. The molecule has 2 N–H and O–H groups in total. The molecule has 1 aliphatic heterocycles. The molecule has 0 spiro atoms. The molecule has 2 aromatic carbocycles. The van der Waals surface area contributed by atoms with Crippen LogP contribution in [0.4, 0.5) is 24.5 Å². The van der Waals surface area contributed by atoms with Gasteiger partial charge >= 0.3 is 6.18 Å². The van der Waals surface area contributed by atoms with Gasteiger partial charge in [-0.1, -0.05) is 0 Å². The molecule has 0 saturated carbocycles. The van der Waals surface area contributed by atoms with Crippen molar-refractivity contribution in [3.63, 3.8) is 0 Å². The lowest BCUT2D eigenvalue weighted by atomic mass is 10.0. The van der Waals surface area contributed by atoms with Crippen LogP contribution in [-0.4, -0.2) is 52.4 Å². The van der Waals surface area contributed by atoms with Crippen LogP contribution in [0.3, 0.4) is 0 Å². The Morgan fingerprint density at radius 1 is 1.06 bits per heavy atom. The standard InChI is InChI=1S/C22H25F3IN3O3/c1-21(26,14-10-16(31-2)13-17(11-14)32-3)28-19-12-15(29-8-6-27-7-9-29)4-5-18(19)20(30)22(23,24)25/h4-5,10-13,27-28H,6-9H2,1-3H3. The van der Waals surface area contributed by atoms with Gasteiger partial charge in [0.15, 0.2) is 0 Å². The van der Waals surface area contributed by atoms with E-state index in [9.17, 15) is 18.0 Å². The third-order valence-corrected chi connectivity index (χ3v) is 6.14. The Bertz CT molecular complexity index is 954. The molecule has 0 bridgehead atoms. The molecule has 10 heteroatoms. The van der Waals surface area contributed by atoms with E-state index in [0.717, 1.165) is 31.9 Å². The number of rotatable bonds is 7. The van der Waals surface area contributed by atoms with Crippen molar-refractivity contribution in [3.05, 3.63) is 47.5 Å². The zero-order chi connectivity index (χ0) is 23.5. The Morgan fingerprint density at radius 3 is 2.19 bits per heavy atom. The van der Waals surface area contributed by atoms with Crippen LogP contribution in [-0.2, 0) is 3.55 Å². The van der Waals surface area contributed by atoms with Crippen LogP contribution in [0.1, 0.15) is 22.8 Å². The second kappa shape index (κ2) is 9.74. The van der Waals surface area contributed by atoms with Gasteiger partial charge in [0.05, 0.1) is 19.8 Å². The molecule has 0 amide bonds. The van der Waals surface area contributed by atoms with Gasteiger partial charge in [0.1, 0.15) is 15.0 Å². The molecule has 3 rings (SSSR count). The topological polar surface area (TPSA) is 62.8 Å². The van der Waals surface area contributed by atoms with Gasteiger partial charge in [-0.25, -0.2) is 0 Å². The first-order valence-corrected chi connectivity index (χ1v) is 11.0. The number of piperazine rings is 1. The maximum Gasteiger partial charge on any atom is 0.454 e. The lowest BCUT2D eigenvalue weighted by Gasteiger charge is -2.32. The number of Topliss-reactive ketones (excluding diaryl/α,β-unsaturated/α-hetero) is 1. The number of anilines is 2. The maximum absolute atomic E-state index is 13.3. The van der Waals surface area contributed by atoms with Crippen LogP contribution in [0.5, 0.6) is 11.5 Å². The van der Waals surface area contributed by atoms with Crippen LogP contribution in [0.2, 0.25) is 0 Å². The molecule has 1 aliphatic rings. The quantitative estimate of drug-likeness (QED) is 0.223. The van der Waals surface area contributed by atoms with Gasteiger partial charge in [0, 0.05) is 43.6 Å². The summed E-state index contributed by atoms with van der Waals surface area (Å²) in [6.45, 7) is 4.81. The van der Waals surface area contributed by atoms with Gasteiger partial charge in [-0.15, -0.1) is 0 Å². The van der Waals surface area contributed by atoms with Crippen molar-refractivity contribution in [2.45, 2.75) is 16.6 Å². The van der Waals surface area contributed by atoms with E-state index in [2.05, 4.69) is 38.1 Å². The molecular weight excluding hydrogens is 538 g/mol. The monoisotopic (exact) mass is 563 g/mol. The van der Waals surface area contributed by atoms with E-state index in [1.54, 1.807) is 37.3 Å². The highest BCUT2D eigenvalue weighted by Gasteiger charge is 2.41. The molecule has 6 nitrogen and oxygen atoms in total. The zero-order valence-corrected chi connectivity index (χ0v) is 20.1. The first-order valence-electron chi connectivity index (χ1n) is 9.97. The molecule has 0 radical (unpaired) electrons. The van der Waals surface area contributed by atoms with E-state index in [1.807, 2.05) is 0 Å². The van der Waals surface area contributed by atoms with Crippen LogP contribution in [0.15, 0.2) is 36.4 Å². The summed E-state index contributed by atoms with van der Waals surface area (Å²) in [6.07, 6.45) is -4.98. The van der Waals surface area contributed by atoms with E-state index in [4.69, 9.17) is 9.47 Å². The largest absolute Gasteiger partial charge is 0.497 e. The summed E-state index contributed by atoms with van der Waals surface area (Å²) in [4.78, 5) is 14.2. The molecule has 0 aliphatic carbocycles. The van der Waals surface area contributed by atoms with Crippen molar-refractivity contribution in [1.82, 2.24) is 5.32 Å². The molecule has 1 saturated heterocycles. The fraction of sp³-hybridized carbons (Fsp3) is 0.409. The Morgan fingerprint density at radius 2 is 1.66 bits per heavy atom. The van der Waals surface area contributed by atoms with Crippen molar-refractivity contribution in [2.24, 2.45) is 0 Å². The van der Waals surface area contributed by atoms with Gasteiger partial charge < -0.3 is 25.0 Å². The molecule has 1 heterocycles. The molecular formula is C22H25F3IN3O3. The number of ketones is 1. The summed E-state index contributed by atoms with van der Waals surface area (Å²) >= 11 is 2.10. The summed E-state index contributed by atoms with van der Waals surface area (Å²) in [5, 5.41) is 6.40. The SMILES string of the molecule is COc1cc(OC)cc(C(C)(I)Nc2cc(N3CCNCC3)ccc2C(=O)C(F)(F)F)c1. The number of benzene rings is 2. The summed E-state index contributed by atoms with van der Waals surface area (Å²) in [5.74, 6) is -0.794. The lowest BCUT2D eigenvalue weighted by molar-refractivity contribution is -0.0884. The van der Waals surface area contributed by atoms with Gasteiger partial charge in [0.2, 0.25) is 0 Å². The molecule has 2 aromatic rings. The highest BCUT2D eigenvalue weighted by molar-refractivity contribution is 14.1. The summed E-state index contributed by atoms with van der Waals surface area (Å²) < 4.78 is 49.6. The van der Waals surface area contributed by atoms with Gasteiger partial charge in [0.25, 0.3) is 5.78 Å². The number of nitrogens with one attached hydrogen (secondary N) is 2. The Hall–Kier alpha value is -2.21. The average Bonchev–Trinajstić information content (AvgIpc) is 2.78. The van der Waals surface area contributed by atoms with E-state index in [-0.39, 0.29) is 5.69 Å². The number of nitrogens with zero attached hydrogens (tertiary/aromatic N) is 1. The smallest absolute Gasteiger partial charge is 0.454 e.